The first-order valence-corrected chi connectivity index (χ1v) is 6.37. The summed E-state index contributed by atoms with van der Waals surface area (Å²) in [6.45, 7) is 4.26. The second-order valence-electron chi connectivity index (χ2n) is 3.82. The van der Waals surface area contributed by atoms with Crippen molar-refractivity contribution in [3.05, 3.63) is 24.0 Å². The van der Waals surface area contributed by atoms with Crippen LogP contribution in [0.2, 0.25) is 0 Å². The third kappa shape index (κ3) is 3.20. The summed E-state index contributed by atoms with van der Waals surface area (Å²) >= 11 is 1.77. The second kappa shape index (κ2) is 5.18. The van der Waals surface area contributed by atoms with Crippen molar-refractivity contribution in [2.45, 2.75) is 24.9 Å². The average molecular weight is 250 g/mol. The van der Waals surface area contributed by atoms with Crippen LogP contribution in [0.25, 0.3) is 11.6 Å². The molecule has 0 atom stereocenters. The molecule has 2 rings (SSSR count). The Bertz CT molecular complexity index is 498. The molecular weight excluding hydrogens is 236 g/mol. The molecule has 0 radical (unpaired) electrons. The van der Waals surface area contributed by atoms with E-state index < -0.39 is 0 Å². The van der Waals surface area contributed by atoms with Crippen LogP contribution in [0.3, 0.4) is 0 Å². The van der Waals surface area contributed by atoms with E-state index in [9.17, 15) is 0 Å². The summed E-state index contributed by atoms with van der Waals surface area (Å²) in [5.74, 6) is 2.28. The minimum atomic E-state index is 0.414. The summed E-state index contributed by atoms with van der Waals surface area (Å²) in [4.78, 5) is 8.40. The molecule has 0 saturated carbocycles. The van der Waals surface area contributed by atoms with Crippen LogP contribution in [-0.2, 0) is 5.75 Å². The van der Waals surface area contributed by atoms with Crippen molar-refractivity contribution >= 4 is 17.6 Å². The Labute approximate surface area is 104 Å². The van der Waals surface area contributed by atoms with Crippen molar-refractivity contribution in [1.82, 2.24) is 15.1 Å². The van der Waals surface area contributed by atoms with Crippen molar-refractivity contribution in [2.75, 3.05) is 5.73 Å². The summed E-state index contributed by atoms with van der Waals surface area (Å²) < 4.78 is 5.15. The van der Waals surface area contributed by atoms with Gasteiger partial charge in [0.2, 0.25) is 0 Å². The van der Waals surface area contributed by atoms with Gasteiger partial charge in [-0.25, -0.2) is 4.98 Å². The molecule has 0 aliphatic heterocycles. The van der Waals surface area contributed by atoms with Gasteiger partial charge in [0.1, 0.15) is 11.5 Å². The van der Waals surface area contributed by atoms with Gasteiger partial charge in [0.15, 0.2) is 5.82 Å². The third-order valence-electron chi connectivity index (χ3n) is 2.00. The van der Waals surface area contributed by atoms with Crippen molar-refractivity contribution in [2.24, 2.45) is 0 Å². The summed E-state index contributed by atoms with van der Waals surface area (Å²) in [5.41, 5.74) is 6.21. The van der Waals surface area contributed by atoms with Gasteiger partial charge in [0, 0.05) is 0 Å². The van der Waals surface area contributed by atoms with E-state index in [-0.39, 0.29) is 0 Å². The number of rotatable bonds is 4. The highest BCUT2D eigenvalue weighted by molar-refractivity contribution is 7.99. The number of anilines is 1. The molecule has 0 saturated heterocycles. The maximum absolute atomic E-state index is 5.60. The standard InChI is InChI=1S/C11H14N4OS/c1-7(2)17-6-10-14-11(16-15-10)8-4-3-5-9(12)13-8/h3-5,7H,6H2,1-2H3,(H2,12,13). The highest BCUT2D eigenvalue weighted by atomic mass is 32.2. The molecule has 0 aliphatic rings. The molecule has 2 aromatic rings. The Morgan fingerprint density at radius 3 is 2.88 bits per heavy atom. The van der Waals surface area contributed by atoms with Crippen LogP contribution in [-0.4, -0.2) is 20.4 Å². The van der Waals surface area contributed by atoms with Crippen LogP contribution in [0.5, 0.6) is 0 Å². The summed E-state index contributed by atoms with van der Waals surface area (Å²) in [7, 11) is 0. The Hall–Kier alpha value is -1.56. The predicted octanol–water partition coefficient (Wildman–Crippen LogP) is 2.36. The minimum absolute atomic E-state index is 0.414. The van der Waals surface area contributed by atoms with Gasteiger partial charge in [-0.1, -0.05) is 25.1 Å². The van der Waals surface area contributed by atoms with Crippen molar-refractivity contribution < 1.29 is 4.52 Å². The molecule has 0 bridgehead atoms. The first-order chi connectivity index (χ1) is 8.15. The maximum atomic E-state index is 5.60. The van der Waals surface area contributed by atoms with Crippen molar-refractivity contribution in [1.29, 1.82) is 0 Å². The number of nitrogens with two attached hydrogens (primary N) is 1. The maximum Gasteiger partial charge on any atom is 0.276 e. The number of pyridine rings is 1. The lowest BCUT2D eigenvalue weighted by atomic mass is 10.3. The van der Waals surface area contributed by atoms with Gasteiger partial charge in [0.05, 0.1) is 5.75 Å². The van der Waals surface area contributed by atoms with Crippen LogP contribution in [0.15, 0.2) is 22.7 Å². The van der Waals surface area contributed by atoms with Crippen molar-refractivity contribution in [3.63, 3.8) is 0 Å². The molecule has 6 heteroatoms. The largest absolute Gasteiger partial charge is 0.384 e. The molecular formula is C11H14N4OS. The van der Waals surface area contributed by atoms with Gasteiger partial charge in [-0.3, -0.25) is 0 Å². The zero-order valence-electron chi connectivity index (χ0n) is 9.75. The van der Waals surface area contributed by atoms with Crippen molar-refractivity contribution in [3.8, 4) is 11.6 Å². The number of nitrogen functional groups attached to an aromatic ring is 1. The Balaban J connectivity index is 2.12. The summed E-state index contributed by atoms with van der Waals surface area (Å²) in [6.07, 6.45) is 0. The number of hydrogen-bond donors (Lipinski definition) is 1. The van der Waals surface area contributed by atoms with Crippen LogP contribution < -0.4 is 5.73 Å². The number of aromatic nitrogens is 3. The number of nitrogens with zero attached hydrogens (tertiary/aromatic N) is 3. The van der Waals surface area contributed by atoms with E-state index in [0.29, 0.717) is 28.5 Å². The molecule has 2 N–H and O–H groups in total. The first-order valence-electron chi connectivity index (χ1n) is 5.32. The van der Waals surface area contributed by atoms with Crippen LogP contribution in [0, 0.1) is 0 Å². The zero-order chi connectivity index (χ0) is 12.3. The van der Waals surface area contributed by atoms with E-state index in [1.165, 1.54) is 0 Å². The second-order valence-corrected chi connectivity index (χ2v) is 5.39. The molecule has 0 aliphatic carbocycles. The van der Waals surface area contributed by atoms with Gasteiger partial charge >= 0.3 is 0 Å². The molecule has 0 aromatic carbocycles. The molecule has 2 heterocycles. The SMILES string of the molecule is CC(C)SCc1noc(-c2cccc(N)n2)n1. The smallest absolute Gasteiger partial charge is 0.276 e. The topological polar surface area (TPSA) is 77.8 Å². The molecule has 17 heavy (non-hydrogen) atoms. The Kier molecular flexibility index (Phi) is 3.63. The minimum Gasteiger partial charge on any atom is -0.384 e. The van der Waals surface area contributed by atoms with E-state index in [0.717, 1.165) is 5.75 Å². The van der Waals surface area contributed by atoms with E-state index in [1.54, 1.807) is 23.9 Å². The number of hydrogen-bond acceptors (Lipinski definition) is 6. The Morgan fingerprint density at radius 1 is 1.35 bits per heavy atom. The highest BCUT2D eigenvalue weighted by Crippen LogP contribution is 2.19. The molecule has 90 valence electrons. The lowest BCUT2D eigenvalue weighted by molar-refractivity contribution is 0.424. The molecule has 5 nitrogen and oxygen atoms in total. The number of thioether (sulfide) groups is 1. The first kappa shape index (κ1) is 11.9. The molecule has 0 amide bonds. The van der Waals surface area contributed by atoms with Gasteiger partial charge in [-0.2, -0.15) is 16.7 Å². The fraction of sp³-hybridized carbons (Fsp3) is 0.364. The highest BCUT2D eigenvalue weighted by Gasteiger charge is 2.10. The zero-order valence-corrected chi connectivity index (χ0v) is 10.6. The summed E-state index contributed by atoms with van der Waals surface area (Å²) in [6, 6.07) is 5.32. The van der Waals surface area contributed by atoms with E-state index >= 15 is 0 Å². The predicted molar refractivity (Wildman–Crippen MR) is 68.4 cm³/mol. The molecule has 2 aromatic heterocycles. The lowest BCUT2D eigenvalue weighted by Gasteiger charge is -1.99. The fourth-order valence-corrected chi connectivity index (χ4v) is 1.83. The molecule has 0 unspecified atom stereocenters. The van der Waals surface area contributed by atoms with Crippen LogP contribution in [0.1, 0.15) is 19.7 Å². The third-order valence-corrected chi connectivity index (χ3v) is 3.10. The Morgan fingerprint density at radius 2 is 2.18 bits per heavy atom. The lowest BCUT2D eigenvalue weighted by Crippen LogP contribution is -1.92. The normalized spacial score (nSPS) is 11.0. The van der Waals surface area contributed by atoms with E-state index in [2.05, 4.69) is 29.0 Å². The average Bonchev–Trinajstić information content (AvgIpc) is 2.75. The van der Waals surface area contributed by atoms with E-state index in [1.807, 2.05) is 6.07 Å². The van der Waals surface area contributed by atoms with Gasteiger partial charge in [0.25, 0.3) is 5.89 Å². The van der Waals surface area contributed by atoms with E-state index in [4.69, 9.17) is 10.3 Å². The van der Waals surface area contributed by atoms with Crippen LogP contribution >= 0.6 is 11.8 Å². The van der Waals surface area contributed by atoms with Gasteiger partial charge in [-0.05, 0) is 17.4 Å². The quantitative estimate of drug-likeness (QED) is 0.897. The fourth-order valence-electron chi connectivity index (χ4n) is 1.23. The molecule has 0 fully saturated rings. The van der Waals surface area contributed by atoms with Gasteiger partial charge < -0.3 is 10.3 Å². The monoisotopic (exact) mass is 250 g/mol. The summed E-state index contributed by atoms with van der Waals surface area (Å²) in [5, 5.41) is 4.45. The molecule has 0 spiro atoms. The van der Waals surface area contributed by atoms with Gasteiger partial charge in [-0.15, -0.1) is 0 Å². The van der Waals surface area contributed by atoms with Crippen LogP contribution in [0.4, 0.5) is 5.82 Å².